The number of nitrogens with two attached hydrogens (primary N) is 1. The summed E-state index contributed by atoms with van der Waals surface area (Å²) in [6.07, 6.45) is 0. The molecule has 0 spiro atoms. The van der Waals surface area contributed by atoms with E-state index in [-0.39, 0.29) is 28.4 Å². The van der Waals surface area contributed by atoms with E-state index in [1.54, 1.807) is 6.07 Å². The fraction of sp³-hybridized carbons (Fsp3) is 0.0714. The number of hydrogen-bond acceptors (Lipinski definition) is 3. The average molecular weight is 298 g/mol. The second-order valence-corrected chi connectivity index (χ2v) is 4.42. The Morgan fingerprint density at radius 3 is 2.70 bits per heavy atom. The van der Waals surface area contributed by atoms with Crippen LogP contribution in [-0.2, 0) is 11.3 Å². The summed E-state index contributed by atoms with van der Waals surface area (Å²) in [5.74, 6) is -2.21. The molecule has 104 valence electrons. The molecule has 0 bridgehead atoms. The summed E-state index contributed by atoms with van der Waals surface area (Å²) in [6.45, 7) is -0.323. The lowest BCUT2D eigenvalue weighted by molar-refractivity contribution is 0.0470. The van der Waals surface area contributed by atoms with Crippen LogP contribution >= 0.6 is 11.6 Å². The minimum Gasteiger partial charge on any atom is -0.457 e. The van der Waals surface area contributed by atoms with Gasteiger partial charge in [0.2, 0.25) is 0 Å². The first-order valence-corrected chi connectivity index (χ1v) is 6.02. The molecule has 0 aliphatic carbocycles. The van der Waals surface area contributed by atoms with Crippen molar-refractivity contribution in [2.75, 3.05) is 5.73 Å². The van der Waals surface area contributed by atoms with Crippen molar-refractivity contribution in [1.29, 1.82) is 0 Å². The third-order valence-corrected chi connectivity index (χ3v) is 2.98. The Labute approximate surface area is 118 Å². The van der Waals surface area contributed by atoms with Crippen LogP contribution in [0.3, 0.4) is 0 Å². The largest absolute Gasteiger partial charge is 0.457 e. The summed E-state index contributed by atoms with van der Waals surface area (Å²) >= 11 is 5.78. The van der Waals surface area contributed by atoms with Gasteiger partial charge in [0.15, 0.2) is 0 Å². The van der Waals surface area contributed by atoms with Crippen LogP contribution in [0, 0.1) is 11.6 Å². The van der Waals surface area contributed by atoms with Gasteiger partial charge >= 0.3 is 5.97 Å². The highest BCUT2D eigenvalue weighted by atomic mass is 35.5. The van der Waals surface area contributed by atoms with Gasteiger partial charge in [-0.2, -0.15) is 0 Å². The van der Waals surface area contributed by atoms with Crippen molar-refractivity contribution in [1.82, 2.24) is 0 Å². The minimum absolute atomic E-state index is 0.0698. The molecule has 2 aromatic rings. The molecule has 2 N–H and O–H groups in total. The SMILES string of the molecule is Nc1c(Cl)cccc1C(=O)OCc1ccc(F)cc1F. The van der Waals surface area contributed by atoms with E-state index in [0.717, 1.165) is 12.1 Å². The van der Waals surface area contributed by atoms with Crippen LogP contribution in [-0.4, -0.2) is 5.97 Å². The molecule has 0 aliphatic rings. The van der Waals surface area contributed by atoms with Crippen LogP contribution in [0.4, 0.5) is 14.5 Å². The predicted octanol–water partition coefficient (Wildman–Crippen LogP) is 3.56. The smallest absolute Gasteiger partial charge is 0.340 e. The summed E-state index contributed by atoms with van der Waals surface area (Å²) in [5, 5.41) is 0.229. The van der Waals surface area contributed by atoms with Gasteiger partial charge in [0.05, 0.1) is 16.3 Å². The number of nitrogen functional groups attached to an aromatic ring is 1. The summed E-state index contributed by atoms with van der Waals surface area (Å²) in [6, 6.07) is 7.54. The fourth-order valence-corrected chi connectivity index (χ4v) is 1.75. The minimum atomic E-state index is -0.781. The highest BCUT2D eigenvalue weighted by Crippen LogP contribution is 2.23. The Hall–Kier alpha value is -2.14. The van der Waals surface area contributed by atoms with Gasteiger partial charge in [0, 0.05) is 11.6 Å². The average Bonchev–Trinajstić information content (AvgIpc) is 2.40. The number of rotatable bonds is 3. The fourth-order valence-electron chi connectivity index (χ4n) is 1.57. The Balaban J connectivity index is 2.11. The normalized spacial score (nSPS) is 10.3. The van der Waals surface area contributed by atoms with Gasteiger partial charge in [0.25, 0.3) is 0 Å². The van der Waals surface area contributed by atoms with Gasteiger partial charge in [0.1, 0.15) is 18.2 Å². The van der Waals surface area contributed by atoms with Crippen molar-refractivity contribution in [2.24, 2.45) is 0 Å². The molecule has 2 rings (SSSR count). The van der Waals surface area contributed by atoms with Crippen LogP contribution in [0.15, 0.2) is 36.4 Å². The first-order chi connectivity index (χ1) is 9.49. The molecule has 0 aliphatic heterocycles. The Morgan fingerprint density at radius 1 is 1.25 bits per heavy atom. The van der Waals surface area contributed by atoms with Crippen molar-refractivity contribution >= 4 is 23.3 Å². The molecular weight excluding hydrogens is 288 g/mol. The summed E-state index contributed by atoms with van der Waals surface area (Å²) in [4.78, 5) is 11.8. The van der Waals surface area contributed by atoms with E-state index in [1.807, 2.05) is 0 Å². The number of benzene rings is 2. The van der Waals surface area contributed by atoms with Crippen LogP contribution in [0.5, 0.6) is 0 Å². The predicted molar refractivity (Wildman–Crippen MR) is 71.3 cm³/mol. The number of hydrogen-bond donors (Lipinski definition) is 1. The Morgan fingerprint density at radius 2 is 2.00 bits per heavy atom. The number of carbonyl (C=O) groups is 1. The molecule has 0 unspecified atom stereocenters. The van der Waals surface area contributed by atoms with Gasteiger partial charge in [-0.1, -0.05) is 17.7 Å². The third-order valence-electron chi connectivity index (χ3n) is 2.65. The maximum absolute atomic E-state index is 13.4. The van der Waals surface area contributed by atoms with Gasteiger partial charge in [-0.25, -0.2) is 13.6 Å². The van der Waals surface area contributed by atoms with Crippen molar-refractivity contribution in [3.05, 3.63) is 64.2 Å². The van der Waals surface area contributed by atoms with E-state index in [1.165, 1.54) is 18.2 Å². The van der Waals surface area contributed by atoms with Crippen molar-refractivity contribution in [2.45, 2.75) is 6.61 Å². The summed E-state index contributed by atoms with van der Waals surface area (Å²) < 4.78 is 31.0. The van der Waals surface area contributed by atoms with E-state index in [0.29, 0.717) is 0 Å². The van der Waals surface area contributed by atoms with Gasteiger partial charge < -0.3 is 10.5 Å². The number of esters is 1. The van der Waals surface area contributed by atoms with Gasteiger partial charge in [-0.05, 0) is 24.3 Å². The standard InChI is InChI=1S/C14H10ClF2NO2/c15-11-3-1-2-10(13(11)18)14(19)20-7-8-4-5-9(16)6-12(8)17/h1-6H,7,18H2. The van der Waals surface area contributed by atoms with Crippen LogP contribution in [0.2, 0.25) is 5.02 Å². The zero-order valence-corrected chi connectivity index (χ0v) is 11.0. The molecule has 0 aromatic heterocycles. The topological polar surface area (TPSA) is 52.3 Å². The van der Waals surface area contributed by atoms with Crippen molar-refractivity contribution in [3.8, 4) is 0 Å². The van der Waals surface area contributed by atoms with E-state index >= 15 is 0 Å². The zero-order valence-electron chi connectivity index (χ0n) is 10.2. The van der Waals surface area contributed by atoms with E-state index < -0.39 is 17.6 Å². The lowest BCUT2D eigenvalue weighted by atomic mass is 10.2. The molecular formula is C14H10ClF2NO2. The van der Waals surface area contributed by atoms with Gasteiger partial charge in [-0.3, -0.25) is 0 Å². The van der Waals surface area contributed by atoms with Crippen LogP contribution in [0.25, 0.3) is 0 Å². The molecule has 3 nitrogen and oxygen atoms in total. The highest BCUT2D eigenvalue weighted by Gasteiger charge is 2.14. The molecule has 20 heavy (non-hydrogen) atoms. The van der Waals surface area contributed by atoms with Gasteiger partial charge in [-0.15, -0.1) is 0 Å². The van der Waals surface area contributed by atoms with Crippen molar-refractivity contribution in [3.63, 3.8) is 0 Å². The lowest BCUT2D eigenvalue weighted by Crippen LogP contribution is -2.09. The lowest BCUT2D eigenvalue weighted by Gasteiger charge is -2.08. The first kappa shape index (κ1) is 14.3. The number of anilines is 1. The summed E-state index contributed by atoms with van der Waals surface area (Å²) in [5.41, 5.74) is 5.91. The van der Waals surface area contributed by atoms with E-state index in [9.17, 15) is 13.6 Å². The molecule has 0 amide bonds. The molecule has 0 atom stereocenters. The van der Waals surface area contributed by atoms with Crippen LogP contribution in [0.1, 0.15) is 15.9 Å². The number of carbonyl (C=O) groups excluding carboxylic acids is 1. The maximum atomic E-state index is 13.4. The number of halogens is 3. The molecule has 0 saturated carbocycles. The van der Waals surface area contributed by atoms with Crippen molar-refractivity contribution < 1.29 is 18.3 Å². The van der Waals surface area contributed by atoms with Crippen LogP contribution < -0.4 is 5.73 Å². The second-order valence-electron chi connectivity index (χ2n) is 4.01. The highest BCUT2D eigenvalue weighted by molar-refractivity contribution is 6.33. The monoisotopic (exact) mass is 297 g/mol. The second kappa shape index (κ2) is 5.88. The number of para-hydroxylation sites is 1. The molecule has 0 heterocycles. The zero-order chi connectivity index (χ0) is 14.7. The molecule has 6 heteroatoms. The first-order valence-electron chi connectivity index (χ1n) is 5.64. The molecule has 0 radical (unpaired) electrons. The Kier molecular flexibility index (Phi) is 4.20. The number of ether oxygens (including phenoxy) is 1. The maximum Gasteiger partial charge on any atom is 0.340 e. The third kappa shape index (κ3) is 3.05. The molecule has 0 saturated heterocycles. The quantitative estimate of drug-likeness (QED) is 0.696. The molecule has 2 aromatic carbocycles. The Bertz CT molecular complexity index is 662. The van der Waals surface area contributed by atoms with E-state index in [2.05, 4.69) is 0 Å². The summed E-state index contributed by atoms with van der Waals surface area (Å²) in [7, 11) is 0. The molecule has 0 fully saturated rings. The van der Waals surface area contributed by atoms with E-state index in [4.69, 9.17) is 22.1 Å².